The Morgan fingerprint density at radius 3 is 2.67 bits per heavy atom. The molecule has 0 amide bonds. The Hall–Kier alpha value is -0.220. The molecule has 0 radical (unpaired) electrons. The van der Waals surface area contributed by atoms with Gasteiger partial charge in [-0.15, -0.1) is 0 Å². The summed E-state index contributed by atoms with van der Waals surface area (Å²) in [4.78, 5) is 0. The van der Waals surface area contributed by atoms with E-state index in [1.807, 2.05) is 14.0 Å². The first-order valence-electron chi connectivity index (χ1n) is 2.79. The van der Waals surface area contributed by atoms with Crippen LogP contribution in [0.5, 0.6) is 0 Å². The molecule has 0 spiro atoms. The standard InChI is InChI=1S/C5H13N3S/c1-5(8-7-3)9-4-6-2/h6-7H,4H2,1-3H3/b8-5-. The van der Waals surface area contributed by atoms with E-state index in [0.717, 1.165) is 10.9 Å². The minimum Gasteiger partial charge on any atom is -0.312 e. The third-order valence-corrected chi connectivity index (χ3v) is 1.64. The van der Waals surface area contributed by atoms with Crippen molar-refractivity contribution in [2.75, 3.05) is 20.0 Å². The molecular weight excluding hydrogens is 134 g/mol. The van der Waals surface area contributed by atoms with Gasteiger partial charge in [0.15, 0.2) is 0 Å². The first-order chi connectivity index (χ1) is 4.31. The van der Waals surface area contributed by atoms with Crippen molar-refractivity contribution in [3.05, 3.63) is 0 Å². The Kier molecular flexibility index (Phi) is 5.76. The van der Waals surface area contributed by atoms with Crippen molar-refractivity contribution >= 4 is 16.8 Å². The first kappa shape index (κ1) is 8.78. The van der Waals surface area contributed by atoms with Gasteiger partial charge < -0.3 is 10.7 Å². The Morgan fingerprint density at radius 1 is 1.56 bits per heavy atom. The molecule has 0 bridgehead atoms. The van der Waals surface area contributed by atoms with Crippen molar-refractivity contribution in [2.45, 2.75) is 6.92 Å². The predicted molar refractivity (Wildman–Crippen MR) is 43.7 cm³/mol. The average Bonchev–Trinajstić information content (AvgIpc) is 1.85. The maximum Gasteiger partial charge on any atom is 0.0912 e. The summed E-state index contributed by atoms with van der Waals surface area (Å²) in [5, 5.41) is 8.01. The largest absolute Gasteiger partial charge is 0.312 e. The average molecular weight is 147 g/mol. The van der Waals surface area contributed by atoms with Crippen LogP contribution in [0.3, 0.4) is 0 Å². The topological polar surface area (TPSA) is 36.4 Å². The number of rotatable bonds is 3. The van der Waals surface area contributed by atoms with Crippen LogP contribution in [0, 0.1) is 0 Å². The molecule has 0 aliphatic rings. The molecule has 0 aromatic heterocycles. The monoisotopic (exact) mass is 147 g/mol. The van der Waals surface area contributed by atoms with Crippen LogP contribution < -0.4 is 10.7 Å². The van der Waals surface area contributed by atoms with Gasteiger partial charge in [-0.1, -0.05) is 11.8 Å². The number of hydrogen-bond donors (Lipinski definition) is 2. The molecule has 54 valence electrons. The Balaban J connectivity index is 3.25. The second-order valence-electron chi connectivity index (χ2n) is 1.50. The molecule has 0 unspecified atom stereocenters. The molecule has 2 N–H and O–H groups in total. The van der Waals surface area contributed by atoms with Crippen LogP contribution in [0.25, 0.3) is 0 Å². The highest BCUT2D eigenvalue weighted by Gasteiger charge is 1.87. The van der Waals surface area contributed by atoms with Gasteiger partial charge in [-0.3, -0.25) is 0 Å². The summed E-state index contributed by atoms with van der Waals surface area (Å²) in [7, 11) is 3.71. The van der Waals surface area contributed by atoms with Crippen LogP contribution in [0.15, 0.2) is 5.10 Å². The van der Waals surface area contributed by atoms with Crippen LogP contribution in [-0.4, -0.2) is 25.0 Å². The van der Waals surface area contributed by atoms with Gasteiger partial charge >= 0.3 is 0 Å². The van der Waals surface area contributed by atoms with E-state index in [2.05, 4.69) is 15.8 Å². The van der Waals surface area contributed by atoms with Crippen molar-refractivity contribution in [1.82, 2.24) is 10.7 Å². The molecule has 0 rings (SSSR count). The summed E-state index contributed by atoms with van der Waals surface area (Å²) < 4.78 is 0. The van der Waals surface area contributed by atoms with E-state index in [1.165, 1.54) is 0 Å². The third kappa shape index (κ3) is 5.65. The number of nitrogens with one attached hydrogen (secondary N) is 2. The zero-order valence-electron chi connectivity index (χ0n) is 6.06. The molecule has 0 saturated carbocycles. The van der Waals surface area contributed by atoms with Gasteiger partial charge in [0, 0.05) is 12.9 Å². The van der Waals surface area contributed by atoms with Crippen LogP contribution in [0.1, 0.15) is 6.92 Å². The normalized spacial score (nSPS) is 11.7. The zero-order chi connectivity index (χ0) is 7.11. The smallest absolute Gasteiger partial charge is 0.0912 e. The molecule has 3 nitrogen and oxygen atoms in total. The SMILES string of the molecule is CNCS/C(C)=N\NC. The molecule has 0 aromatic carbocycles. The minimum absolute atomic E-state index is 0.914. The number of thioether (sulfide) groups is 1. The van der Waals surface area contributed by atoms with Crippen LogP contribution in [0.2, 0.25) is 0 Å². The van der Waals surface area contributed by atoms with E-state index >= 15 is 0 Å². The second kappa shape index (κ2) is 5.91. The maximum atomic E-state index is 3.95. The number of hydrogen-bond acceptors (Lipinski definition) is 4. The van der Waals surface area contributed by atoms with Gasteiger partial charge in [-0.05, 0) is 14.0 Å². The van der Waals surface area contributed by atoms with Gasteiger partial charge in [0.1, 0.15) is 0 Å². The molecule has 0 aromatic rings. The summed E-state index contributed by atoms with van der Waals surface area (Å²) in [5.74, 6) is 0.914. The molecule has 0 fully saturated rings. The van der Waals surface area contributed by atoms with Crippen molar-refractivity contribution in [1.29, 1.82) is 0 Å². The van der Waals surface area contributed by atoms with E-state index in [-0.39, 0.29) is 0 Å². The summed E-state index contributed by atoms with van der Waals surface area (Å²) in [6, 6.07) is 0. The highest BCUT2D eigenvalue weighted by Crippen LogP contribution is 1.98. The van der Waals surface area contributed by atoms with Gasteiger partial charge in [0.25, 0.3) is 0 Å². The quantitative estimate of drug-likeness (QED) is 0.263. The van der Waals surface area contributed by atoms with E-state index in [0.29, 0.717) is 0 Å². The van der Waals surface area contributed by atoms with E-state index in [4.69, 9.17) is 0 Å². The number of nitrogens with zero attached hydrogens (tertiary/aromatic N) is 1. The Labute approximate surface area is 60.3 Å². The predicted octanol–water partition coefficient (Wildman–Crippen LogP) is 0.449. The van der Waals surface area contributed by atoms with Crippen molar-refractivity contribution in [3.63, 3.8) is 0 Å². The maximum absolute atomic E-state index is 3.95. The van der Waals surface area contributed by atoms with Gasteiger partial charge in [-0.25, -0.2) is 0 Å². The summed E-state index contributed by atoms with van der Waals surface area (Å²) >= 11 is 1.68. The van der Waals surface area contributed by atoms with Crippen molar-refractivity contribution in [3.8, 4) is 0 Å². The third-order valence-electron chi connectivity index (χ3n) is 0.695. The minimum atomic E-state index is 0.914. The van der Waals surface area contributed by atoms with Gasteiger partial charge in [-0.2, -0.15) is 5.10 Å². The molecule has 0 aliphatic carbocycles. The van der Waals surface area contributed by atoms with Crippen LogP contribution in [0.4, 0.5) is 0 Å². The highest BCUT2D eigenvalue weighted by atomic mass is 32.2. The molecule has 4 heteroatoms. The lowest BCUT2D eigenvalue weighted by Crippen LogP contribution is -2.07. The number of hydrazone groups is 1. The molecule has 0 saturated heterocycles. The van der Waals surface area contributed by atoms with Gasteiger partial charge in [0.2, 0.25) is 0 Å². The fourth-order valence-corrected chi connectivity index (χ4v) is 0.875. The van der Waals surface area contributed by atoms with E-state index in [1.54, 1.807) is 18.8 Å². The highest BCUT2D eigenvalue weighted by molar-refractivity contribution is 8.13. The second-order valence-corrected chi connectivity index (χ2v) is 2.66. The first-order valence-corrected chi connectivity index (χ1v) is 3.78. The molecule has 9 heavy (non-hydrogen) atoms. The van der Waals surface area contributed by atoms with E-state index in [9.17, 15) is 0 Å². The lowest BCUT2D eigenvalue weighted by Gasteiger charge is -1.97. The Morgan fingerprint density at radius 2 is 2.22 bits per heavy atom. The lowest BCUT2D eigenvalue weighted by atomic mass is 10.9. The summed E-state index contributed by atoms with van der Waals surface area (Å²) in [5.41, 5.74) is 2.72. The fourth-order valence-electron chi connectivity index (χ4n) is 0.366. The van der Waals surface area contributed by atoms with Crippen LogP contribution >= 0.6 is 11.8 Å². The summed E-state index contributed by atoms with van der Waals surface area (Å²) in [6.45, 7) is 1.97. The molecule has 0 aliphatic heterocycles. The van der Waals surface area contributed by atoms with E-state index < -0.39 is 0 Å². The molecular formula is C5H13N3S. The van der Waals surface area contributed by atoms with Crippen LogP contribution in [-0.2, 0) is 0 Å². The molecule has 0 heterocycles. The molecule has 0 atom stereocenters. The lowest BCUT2D eigenvalue weighted by molar-refractivity contribution is 0.904. The van der Waals surface area contributed by atoms with Crippen molar-refractivity contribution < 1.29 is 0 Å². The zero-order valence-corrected chi connectivity index (χ0v) is 6.88. The fraction of sp³-hybridized carbons (Fsp3) is 0.800. The van der Waals surface area contributed by atoms with Gasteiger partial charge in [0.05, 0.1) is 5.04 Å². The Bertz CT molecular complexity index is 92.2. The van der Waals surface area contributed by atoms with Crippen molar-refractivity contribution in [2.24, 2.45) is 5.10 Å². The summed E-state index contributed by atoms with van der Waals surface area (Å²) in [6.07, 6.45) is 0.